The van der Waals surface area contributed by atoms with Gasteiger partial charge in [0.1, 0.15) is 0 Å². The van der Waals surface area contributed by atoms with Gasteiger partial charge in [-0.15, -0.1) is 0 Å². The summed E-state index contributed by atoms with van der Waals surface area (Å²) in [6, 6.07) is 5.82. The summed E-state index contributed by atoms with van der Waals surface area (Å²) in [5, 5.41) is 3.30. The molecule has 0 bridgehead atoms. The fraction of sp³-hybridized carbons (Fsp3) is 0.538. The summed E-state index contributed by atoms with van der Waals surface area (Å²) in [4.78, 5) is 2.24. The second-order valence-electron chi connectivity index (χ2n) is 4.74. The van der Waals surface area contributed by atoms with Gasteiger partial charge in [0.15, 0.2) is 0 Å². The van der Waals surface area contributed by atoms with Crippen molar-refractivity contribution >= 4 is 0 Å². The maximum Gasteiger partial charge on any atom is 0.416 e. The Kier molecular flexibility index (Phi) is 3.92. The van der Waals surface area contributed by atoms with E-state index in [4.69, 9.17) is 0 Å². The van der Waals surface area contributed by atoms with Gasteiger partial charge >= 0.3 is 6.18 Å². The van der Waals surface area contributed by atoms with Crippen LogP contribution in [0, 0.1) is 0 Å². The monoisotopic (exact) mass is 258 g/mol. The molecule has 0 aliphatic carbocycles. The van der Waals surface area contributed by atoms with Crippen molar-refractivity contribution in [2.24, 2.45) is 0 Å². The van der Waals surface area contributed by atoms with Gasteiger partial charge in [-0.05, 0) is 31.2 Å². The topological polar surface area (TPSA) is 15.3 Å². The Morgan fingerprint density at radius 3 is 2.50 bits per heavy atom. The van der Waals surface area contributed by atoms with E-state index >= 15 is 0 Å². The molecule has 0 spiro atoms. The first-order chi connectivity index (χ1) is 8.47. The minimum absolute atomic E-state index is 0.357. The molecule has 0 amide bonds. The number of hydrogen-bond donors (Lipinski definition) is 1. The minimum atomic E-state index is -4.25. The van der Waals surface area contributed by atoms with Crippen molar-refractivity contribution in [1.82, 2.24) is 10.2 Å². The van der Waals surface area contributed by atoms with Crippen LogP contribution in [-0.4, -0.2) is 37.6 Å². The molecule has 1 unspecified atom stereocenters. The van der Waals surface area contributed by atoms with Gasteiger partial charge in [-0.1, -0.05) is 12.1 Å². The van der Waals surface area contributed by atoms with E-state index < -0.39 is 11.7 Å². The molecule has 0 aromatic heterocycles. The van der Waals surface area contributed by atoms with E-state index in [1.54, 1.807) is 12.1 Å². The van der Waals surface area contributed by atoms with Gasteiger partial charge in [0.25, 0.3) is 0 Å². The zero-order valence-corrected chi connectivity index (χ0v) is 10.3. The zero-order valence-electron chi connectivity index (χ0n) is 10.3. The third-order valence-electron chi connectivity index (χ3n) is 3.40. The van der Waals surface area contributed by atoms with Gasteiger partial charge in [0, 0.05) is 25.7 Å². The van der Waals surface area contributed by atoms with Crippen molar-refractivity contribution < 1.29 is 13.2 Å². The minimum Gasteiger partial charge on any atom is -0.314 e. The number of hydrogen-bond acceptors (Lipinski definition) is 2. The first kappa shape index (κ1) is 13.4. The summed E-state index contributed by atoms with van der Waals surface area (Å²) in [7, 11) is 2.05. The van der Waals surface area contributed by atoms with Gasteiger partial charge in [0.2, 0.25) is 0 Å². The average Bonchev–Trinajstić information content (AvgIpc) is 2.32. The third-order valence-corrected chi connectivity index (χ3v) is 3.40. The number of alkyl halides is 3. The van der Waals surface area contributed by atoms with Crippen LogP contribution in [0.15, 0.2) is 24.3 Å². The number of benzene rings is 1. The van der Waals surface area contributed by atoms with Gasteiger partial charge in [0.05, 0.1) is 5.56 Å². The van der Waals surface area contributed by atoms with Crippen LogP contribution in [-0.2, 0) is 12.6 Å². The Morgan fingerprint density at radius 2 is 1.94 bits per heavy atom. The number of piperazine rings is 1. The molecule has 0 radical (unpaired) electrons. The van der Waals surface area contributed by atoms with Crippen LogP contribution in [0.3, 0.4) is 0 Å². The molecular weight excluding hydrogens is 241 g/mol. The normalized spacial score (nSPS) is 22.1. The first-order valence-corrected chi connectivity index (χ1v) is 6.04. The zero-order chi connectivity index (χ0) is 13.2. The highest BCUT2D eigenvalue weighted by Crippen LogP contribution is 2.29. The van der Waals surface area contributed by atoms with Gasteiger partial charge in [-0.2, -0.15) is 13.2 Å². The lowest BCUT2D eigenvalue weighted by Crippen LogP contribution is -2.50. The van der Waals surface area contributed by atoms with E-state index in [0.717, 1.165) is 43.8 Å². The lowest BCUT2D eigenvalue weighted by atomic mass is 10.0. The van der Waals surface area contributed by atoms with E-state index in [2.05, 4.69) is 17.3 Å². The Balaban J connectivity index is 2.02. The molecule has 0 saturated carbocycles. The average molecular weight is 258 g/mol. The van der Waals surface area contributed by atoms with Crippen molar-refractivity contribution in [3.8, 4) is 0 Å². The molecule has 1 aliphatic rings. The molecule has 1 fully saturated rings. The fourth-order valence-electron chi connectivity index (χ4n) is 2.19. The summed E-state index contributed by atoms with van der Waals surface area (Å²) in [5.74, 6) is 0. The van der Waals surface area contributed by atoms with E-state index in [1.165, 1.54) is 0 Å². The van der Waals surface area contributed by atoms with Gasteiger partial charge in [-0.25, -0.2) is 0 Å². The number of likely N-dealkylation sites (N-methyl/N-ethyl adjacent to an activating group) is 1. The molecule has 18 heavy (non-hydrogen) atoms. The maximum absolute atomic E-state index is 12.4. The molecule has 5 heteroatoms. The van der Waals surface area contributed by atoms with Crippen LogP contribution in [0.1, 0.15) is 11.1 Å². The van der Waals surface area contributed by atoms with Gasteiger partial charge < -0.3 is 10.2 Å². The van der Waals surface area contributed by atoms with Crippen LogP contribution in [0.2, 0.25) is 0 Å². The molecule has 1 saturated heterocycles. The molecule has 1 aromatic carbocycles. The Hall–Kier alpha value is -1.07. The second kappa shape index (κ2) is 5.28. The summed E-state index contributed by atoms with van der Waals surface area (Å²) in [6.45, 7) is 2.84. The van der Waals surface area contributed by atoms with Crippen LogP contribution in [0.4, 0.5) is 13.2 Å². The molecule has 2 nitrogen and oxygen atoms in total. The van der Waals surface area contributed by atoms with Crippen molar-refractivity contribution in [2.45, 2.75) is 18.6 Å². The molecule has 1 aliphatic heterocycles. The van der Waals surface area contributed by atoms with Crippen molar-refractivity contribution in [3.63, 3.8) is 0 Å². The third kappa shape index (κ3) is 3.23. The van der Waals surface area contributed by atoms with Gasteiger partial charge in [-0.3, -0.25) is 0 Å². The summed E-state index contributed by atoms with van der Waals surface area (Å²) < 4.78 is 37.3. The molecular formula is C13H17F3N2. The lowest BCUT2D eigenvalue weighted by molar-refractivity contribution is -0.137. The largest absolute Gasteiger partial charge is 0.416 e. The highest BCUT2D eigenvalue weighted by Gasteiger charge is 2.30. The summed E-state index contributed by atoms with van der Waals surface area (Å²) >= 11 is 0. The van der Waals surface area contributed by atoms with E-state index in [1.807, 2.05) is 0 Å². The molecule has 1 heterocycles. The maximum atomic E-state index is 12.4. The van der Waals surface area contributed by atoms with Crippen LogP contribution in [0.25, 0.3) is 0 Å². The molecule has 1 N–H and O–H groups in total. The molecule has 1 atom stereocenters. The summed E-state index contributed by atoms with van der Waals surface area (Å²) in [6.07, 6.45) is -3.47. The quantitative estimate of drug-likeness (QED) is 0.874. The second-order valence-corrected chi connectivity index (χ2v) is 4.74. The highest BCUT2D eigenvalue weighted by molar-refractivity contribution is 5.25. The predicted molar refractivity (Wildman–Crippen MR) is 64.4 cm³/mol. The lowest BCUT2D eigenvalue weighted by Gasteiger charge is -2.33. The SMILES string of the molecule is CN1CCNCC1Cc1ccc(C(F)(F)F)cc1. The molecule has 100 valence electrons. The van der Waals surface area contributed by atoms with Crippen LogP contribution >= 0.6 is 0 Å². The fourth-order valence-corrected chi connectivity index (χ4v) is 2.19. The number of halogens is 3. The number of rotatable bonds is 2. The Bertz CT molecular complexity index is 386. The van der Waals surface area contributed by atoms with Crippen molar-refractivity contribution in [3.05, 3.63) is 35.4 Å². The van der Waals surface area contributed by atoms with Crippen molar-refractivity contribution in [2.75, 3.05) is 26.7 Å². The smallest absolute Gasteiger partial charge is 0.314 e. The number of nitrogens with zero attached hydrogens (tertiary/aromatic N) is 1. The van der Waals surface area contributed by atoms with Crippen molar-refractivity contribution in [1.29, 1.82) is 0 Å². The van der Waals surface area contributed by atoms with Crippen LogP contribution < -0.4 is 5.32 Å². The standard InChI is InChI=1S/C13H17F3N2/c1-18-7-6-17-9-12(18)8-10-2-4-11(5-3-10)13(14,15)16/h2-5,12,17H,6-9H2,1H3. The Labute approximate surface area is 105 Å². The van der Waals surface area contributed by atoms with E-state index in [0.29, 0.717) is 6.04 Å². The number of nitrogens with one attached hydrogen (secondary N) is 1. The van der Waals surface area contributed by atoms with E-state index in [9.17, 15) is 13.2 Å². The molecule has 1 aromatic rings. The molecule has 2 rings (SSSR count). The summed E-state index contributed by atoms with van der Waals surface area (Å²) in [5.41, 5.74) is 0.366. The van der Waals surface area contributed by atoms with E-state index in [-0.39, 0.29) is 0 Å². The first-order valence-electron chi connectivity index (χ1n) is 6.04. The highest BCUT2D eigenvalue weighted by atomic mass is 19.4. The van der Waals surface area contributed by atoms with Crippen LogP contribution in [0.5, 0.6) is 0 Å². The Morgan fingerprint density at radius 1 is 1.28 bits per heavy atom. The predicted octanol–water partition coefficient (Wildman–Crippen LogP) is 2.15.